The van der Waals surface area contributed by atoms with Crippen LogP contribution in [0.5, 0.6) is 5.75 Å². The van der Waals surface area contributed by atoms with Gasteiger partial charge in [-0.15, -0.1) is 0 Å². The highest BCUT2D eigenvalue weighted by Crippen LogP contribution is 2.37. The molecule has 0 saturated carbocycles. The fourth-order valence-corrected chi connectivity index (χ4v) is 3.16. The minimum atomic E-state index is -0.0759. The van der Waals surface area contributed by atoms with E-state index in [0.29, 0.717) is 10.0 Å². The van der Waals surface area contributed by atoms with Crippen LogP contribution in [0, 0.1) is 12.3 Å². The van der Waals surface area contributed by atoms with Gasteiger partial charge in [-0.3, -0.25) is 4.79 Å². The topological polar surface area (TPSA) is 40.5 Å². The van der Waals surface area contributed by atoms with E-state index in [1.807, 2.05) is 17.9 Å². The fraction of sp³-hybridized carbons (Fsp3) is 0.533. The van der Waals surface area contributed by atoms with Crippen LogP contribution in [0.4, 0.5) is 0 Å². The number of hydrogen-bond acceptors (Lipinski definition) is 2. The number of aromatic hydroxyl groups is 1. The highest BCUT2D eigenvalue weighted by atomic mass is 79.9. The predicted molar refractivity (Wildman–Crippen MR) is 79.4 cm³/mol. The van der Waals surface area contributed by atoms with Gasteiger partial charge in [0.1, 0.15) is 5.75 Å². The Bertz CT molecular complexity index is 520. The second-order valence-corrected chi connectivity index (χ2v) is 7.17. The van der Waals surface area contributed by atoms with E-state index in [-0.39, 0.29) is 23.1 Å². The molecule has 1 aromatic carbocycles. The normalized spacial score (nSPS) is 19.2. The summed E-state index contributed by atoms with van der Waals surface area (Å²) >= 11 is 3.29. The molecule has 0 aliphatic carbocycles. The van der Waals surface area contributed by atoms with Gasteiger partial charge in [0, 0.05) is 12.6 Å². The zero-order valence-corrected chi connectivity index (χ0v) is 13.4. The van der Waals surface area contributed by atoms with Crippen LogP contribution in [0.3, 0.4) is 0 Å². The number of carbonyl (C=O) groups excluding carboxylic acids is 1. The standard InChI is InChI=1S/C15H20BrNO2/c1-9-7-10(13(18)11(16)8-9)14(19)17-6-5-12(17)15(2,3)4/h7-8,12,18H,5-6H2,1-4H3. The number of aryl methyl sites for hydroxylation is 1. The fourth-order valence-electron chi connectivity index (χ4n) is 2.58. The maximum Gasteiger partial charge on any atom is 0.257 e. The summed E-state index contributed by atoms with van der Waals surface area (Å²) < 4.78 is 0.573. The molecule has 0 aromatic heterocycles. The van der Waals surface area contributed by atoms with Gasteiger partial charge < -0.3 is 10.0 Å². The van der Waals surface area contributed by atoms with E-state index in [1.165, 1.54) is 0 Å². The quantitative estimate of drug-likeness (QED) is 0.854. The highest BCUT2D eigenvalue weighted by Gasteiger charge is 2.40. The number of likely N-dealkylation sites (tertiary alicyclic amines) is 1. The van der Waals surface area contributed by atoms with Crippen molar-refractivity contribution in [3.8, 4) is 5.75 Å². The van der Waals surface area contributed by atoms with Crippen molar-refractivity contribution in [2.45, 2.75) is 40.2 Å². The van der Waals surface area contributed by atoms with E-state index >= 15 is 0 Å². The number of nitrogens with zero attached hydrogens (tertiary/aromatic N) is 1. The molecule has 1 aliphatic rings. The lowest BCUT2D eigenvalue weighted by molar-refractivity contribution is 0.0125. The average molecular weight is 326 g/mol. The minimum Gasteiger partial charge on any atom is -0.506 e. The van der Waals surface area contributed by atoms with E-state index in [4.69, 9.17) is 0 Å². The van der Waals surface area contributed by atoms with Gasteiger partial charge in [-0.05, 0) is 52.4 Å². The minimum absolute atomic E-state index is 0.0372. The molecule has 104 valence electrons. The van der Waals surface area contributed by atoms with E-state index in [2.05, 4.69) is 36.7 Å². The van der Waals surface area contributed by atoms with Crippen LogP contribution in [0.1, 0.15) is 43.1 Å². The molecule has 0 radical (unpaired) electrons. The smallest absolute Gasteiger partial charge is 0.257 e. The molecule has 0 spiro atoms. The Morgan fingerprint density at radius 2 is 2.05 bits per heavy atom. The molecule has 1 aromatic rings. The van der Waals surface area contributed by atoms with Gasteiger partial charge in [0.2, 0.25) is 0 Å². The molecular formula is C15H20BrNO2. The van der Waals surface area contributed by atoms with Crippen molar-refractivity contribution < 1.29 is 9.90 Å². The van der Waals surface area contributed by atoms with E-state index in [1.54, 1.807) is 6.07 Å². The van der Waals surface area contributed by atoms with E-state index in [0.717, 1.165) is 18.5 Å². The molecule has 1 aliphatic heterocycles. The molecular weight excluding hydrogens is 306 g/mol. The highest BCUT2D eigenvalue weighted by molar-refractivity contribution is 9.10. The number of benzene rings is 1. The van der Waals surface area contributed by atoms with Crippen LogP contribution in [0.2, 0.25) is 0 Å². The van der Waals surface area contributed by atoms with Crippen molar-refractivity contribution in [3.63, 3.8) is 0 Å². The molecule has 3 nitrogen and oxygen atoms in total. The third-order valence-corrected chi connectivity index (χ3v) is 4.32. The molecule has 1 fully saturated rings. The average Bonchev–Trinajstić information content (AvgIpc) is 2.18. The second-order valence-electron chi connectivity index (χ2n) is 6.31. The lowest BCUT2D eigenvalue weighted by Gasteiger charge is -2.48. The molecule has 4 heteroatoms. The third-order valence-electron chi connectivity index (χ3n) is 3.72. The number of amides is 1. The first-order valence-corrected chi connectivity index (χ1v) is 7.31. The van der Waals surface area contributed by atoms with Crippen molar-refractivity contribution in [2.75, 3.05) is 6.54 Å². The number of phenolic OH excluding ortho intramolecular Hbond substituents is 1. The first-order chi connectivity index (χ1) is 8.71. The third kappa shape index (κ3) is 2.64. The summed E-state index contributed by atoms with van der Waals surface area (Å²) in [6.45, 7) is 9.11. The Balaban J connectivity index is 2.31. The Morgan fingerprint density at radius 3 is 2.53 bits per heavy atom. The number of carbonyl (C=O) groups is 1. The maximum atomic E-state index is 12.6. The summed E-state index contributed by atoms with van der Waals surface area (Å²) in [5.41, 5.74) is 1.42. The van der Waals surface area contributed by atoms with Crippen LogP contribution in [-0.2, 0) is 0 Å². The van der Waals surface area contributed by atoms with Crippen molar-refractivity contribution in [1.82, 2.24) is 4.90 Å². The lowest BCUT2D eigenvalue weighted by atomic mass is 9.79. The molecule has 1 heterocycles. The number of halogens is 1. The monoisotopic (exact) mass is 325 g/mol. The Labute approximate surface area is 122 Å². The van der Waals surface area contributed by atoms with E-state index < -0.39 is 0 Å². The van der Waals surface area contributed by atoms with Gasteiger partial charge in [-0.1, -0.05) is 20.8 Å². The Morgan fingerprint density at radius 1 is 1.42 bits per heavy atom. The molecule has 1 unspecified atom stereocenters. The summed E-state index contributed by atoms with van der Waals surface area (Å²) in [4.78, 5) is 14.4. The van der Waals surface area contributed by atoms with Gasteiger partial charge >= 0.3 is 0 Å². The second kappa shape index (κ2) is 4.82. The van der Waals surface area contributed by atoms with E-state index in [9.17, 15) is 9.90 Å². The molecule has 0 bridgehead atoms. The predicted octanol–water partition coefficient (Wildman–Crippen LogP) is 3.72. The van der Waals surface area contributed by atoms with Crippen LogP contribution in [-0.4, -0.2) is 28.5 Å². The number of phenols is 1. The van der Waals surface area contributed by atoms with Crippen LogP contribution in [0.15, 0.2) is 16.6 Å². The van der Waals surface area contributed by atoms with Crippen molar-refractivity contribution >= 4 is 21.8 Å². The summed E-state index contributed by atoms with van der Waals surface area (Å²) in [6, 6.07) is 3.81. The summed E-state index contributed by atoms with van der Waals surface area (Å²) in [5, 5.41) is 10.1. The zero-order chi connectivity index (χ0) is 14.4. The molecule has 19 heavy (non-hydrogen) atoms. The first-order valence-electron chi connectivity index (χ1n) is 6.52. The SMILES string of the molecule is Cc1cc(Br)c(O)c(C(=O)N2CCC2C(C)(C)C)c1. The molecule has 1 N–H and O–H groups in total. The molecule has 1 saturated heterocycles. The van der Waals surface area contributed by atoms with Crippen molar-refractivity contribution in [2.24, 2.45) is 5.41 Å². The Hall–Kier alpha value is -1.03. The number of hydrogen-bond donors (Lipinski definition) is 1. The number of rotatable bonds is 1. The van der Waals surface area contributed by atoms with Gasteiger partial charge in [0.05, 0.1) is 10.0 Å². The zero-order valence-electron chi connectivity index (χ0n) is 11.8. The van der Waals surface area contributed by atoms with Gasteiger partial charge in [0.25, 0.3) is 5.91 Å². The van der Waals surface area contributed by atoms with Gasteiger partial charge in [-0.25, -0.2) is 0 Å². The van der Waals surface area contributed by atoms with Crippen molar-refractivity contribution in [1.29, 1.82) is 0 Å². The van der Waals surface area contributed by atoms with Gasteiger partial charge in [-0.2, -0.15) is 0 Å². The lowest BCUT2D eigenvalue weighted by Crippen LogP contribution is -2.56. The summed E-state index contributed by atoms with van der Waals surface area (Å²) in [5.74, 6) is -0.0387. The van der Waals surface area contributed by atoms with Crippen LogP contribution in [0.25, 0.3) is 0 Å². The van der Waals surface area contributed by atoms with Crippen LogP contribution < -0.4 is 0 Å². The van der Waals surface area contributed by atoms with Crippen LogP contribution >= 0.6 is 15.9 Å². The van der Waals surface area contributed by atoms with Crippen molar-refractivity contribution in [3.05, 3.63) is 27.7 Å². The largest absolute Gasteiger partial charge is 0.506 e. The maximum absolute atomic E-state index is 12.6. The molecule has 1 atom stereocenters. The summed E-state index contributed by atoms with van der Waals surface area (Å²) in [6.07, 6.45) is 1.03. The Kier molecular flexibility index (Phi) is 3.65. The first kappa shape index (κ1) is 14.4. The molecule has 2 rings (SSSR count). The summed E-state index contributed by atoms with van der Waals surface area (Å²) in [7, 11) is 0. The molecule has 1 amide bonds. The van der Waals surface area contributed by atoms with Gasteiger partial charge in [0.15, 0.2) is 0 Å².